The number of aliphatic hydroxyl groups excluding tert-OH is 1. The van der Waals surface area contributed by atoms with Crippen molar-refractivity contribution in [3.63, 3.8) is 0 Å². The van der Waals surface area contributed by atoms with Gasteiger partial charge in [0, 0.05) is 25.7 Å². The van der Waals surface area contributed by atoms with Crippen LogP contribution >= 0.6 is 11.3 Å². The highest BCUT2D eigenvalue weighted by Gasteiger charge is 2.70. The number of carbonyl (C=O) groups is 1. The summed E-state index contributed by atoms with van der Waals surface area (Å²) in [5.74, 6) is 2.95. The van der Waals surface area contributed by atoms with Crippen molar-refractivity contribution in [1.29, 1.82) is 0 Å². The molecular weight excluding hydrogens is 382 g/mol. The number of rotatable bonds is 6. The minimum Gasteiger partial charge on any atom is -0.396 e. The van der Waals surface area contributed by atoms with E-state index >= 15 is 0 Å². The average molecular weight is 416 g/mol. The van der Waals surface area contributed by atoms with Crippen molar-refractivity contribution in [2.75, 3.05) is 24.6 Å². The van der Waals surface area contributed by atoms with Gasteiger partial charge in [0.15, 0.2) is 5.13 Å². The van der Waals surface area contributed by atoms with E-state index in [9.17, 15) is 9.90 Å². The molecule has 4 saturated carbocycles. The normalized spacial score (nSPS) is 42.0. The van der Waals surface area contributed by atoms with Gasteiger partial charge in [0.05, 0.1) is 6.20 Å². The van der Waals surface area contributed by atoms with Crippen LogP contribution < -0.4 is 10.2 Å². The quantitative estimate of drug-likeness (QED) is 0.741. The Morgan fingerprint density at radius 1 is 1.28 bits per heavy atom. The van der Waals surface area contributed by atoms with E-state index < -0.39 is 0 Å². The molecule has 1 aliphatic heterocycles. The predicted octanol–water partition coefficient (Wildman–Crippen LogP) is 3.83. The summed E-state index contributed by atoms with van der Waals surface area (Å²) in [6.45, 7) is 2.05. The van der Waals surface area contributed by atoms with E-state index in [1.54, 1.807) is 6.20 Å². The van der Waals surface area contributed by atoms with Gasteiger partial charge < -0.3 is 15.3 Å². The summed E-state index contributed by atoms with van der Waals surface area (Å²) in [5.41, 5.74) is 1.06. The lowest BCUT2D eigenvalue weighted by atomic mass is 9.55. The Kier molecular flexibility index (Phi) is 4.29. The van der Waals surface area contributed by atoms with Crippen LogP contribution in [0.4, 0.5) is 5.13 Å². The van der Waals surface area contributed by atoms with Crippen molar-refractivity contribution in [3.8, 4) is 0 Å². The molecule has 158 valence electrons. The van der Waals surface area contributed by atoms with Gasteiger partial charge in [-0.2, -0.15) is 0 Å². The number of piperidine rings is 1. The first-order chi connectivity index (χ1) is 14.1. The zero-order chi connectivity index (χ0) is 19.6. The van der Waals surface area contributed by atoms with Gasteiger partial charge in [-0.1, -0.05) is 11.3 Å². The number of anilines is 1. The molecule has 1 aromatic heterocycles. The van der Waals surface area contributed by atoms with E-state index in [1.807, 2.05) is 0 Å². The second-order valence-corrected chi connectivity index (χ2v) is 11.8. The molecule has 1 amide bonds. The van der Waals surface area contributed by atoms with E-state index in [4.69, 9.17) is 0 Å². The molecule has 2 heterocycles. The van der Waals surface area contributed by atoms with Crippen LogP contribution in [0, 0.1) is 28.6 Å². The number of thiazole rings is 1. The molecule has 29 heavy (non-hydrogen) atoms. The maximum absolute atomic E-state index is 12.9. The number of nitrogens with zero attached hydrogens (tertiary/aromatic N) is 2. The van der Waals surface area contributed by atoms with Crippen molar-refractivity contribution in [2.24, 2.45) is 28.6 Å². The lowest BCUT2D eigenvalue weighted by Crippen LogP contribution is -2.42. The van der Waals surface area contributed by atoms with Gasteiger partial charge in [-0.05, 0) is 92.8 Å². The fourth-order valence-electron chi connectivity index (χ4n) is 8.30. The third kappa shape index (κ3) is 2.81. The molecule has 2 N–H and O–H groups in total. The summed E-state index contributed by atoms with van der Waals surface area (Å²) in [5, 5.41) is 13.6. The number of hydrogen-bond donors (Lipinski definition) is 2. The highest BCUT2D eigenvalue weighted by molar-refractivity contribution is 7.17. The Bertz CT molecular complexity index is 806. The van der Waals surface area contributed by atoms with Crippen LogP contribution in [0.25, 0.3) is 0 Å². The topological polar surface area (TPSA) is 65.5 Å². The molecule has 6 atom stereocenters. The van der Waals surface area contributed by atoms with Crippen LogP contribution in [-0.4, -0.2) is 41.7 Å². The van der Waals surface area contributed by atoms with Crippen LogP contribution in [0.3, 0.4) is 0 Å². The fraction of sp³-hybridized carbons (Fsp3) is 0.826. The molecule has 5 fully saturated rings. The van der Waals surface area contributed by atoms with E-state index in [1.165, 1.54) is 56.3 Å². The number of carbonyl (C=O) groups excluding carboxylic acids is 1. The zero-order valence-corrected chi connectivity index (χ0v) is 18.1. The highest BCUT2D eigenvalue weighted by Crippen LogP contribution is 2.78. The standard InChI is InChI=1S/C23H33N3O2S/c27-6-4-18-3-1-2-5-26(18)21-24-12-19(29-21)20(28)25-14-22-9-15-7-16-8-17(11-22)23(16,10-15)13-22/h12,15-18,27H,1-11,13-14H2,(H,25,28). The second-order valence-electron chi connectivity index (χ2n) is 10.8. The first-order valence-corrected chi connectivity index (χ1v) is 12.5. The van der Waals surface area contributed by atoms with Crippen LogP contribution in [0.5, 0.6) is 0 Å². The minimum absolute atomic E-state index is 0.0602. The monoisotopic (exact) mass is 415 g/mol. The summed E-state index contributed by atoms with van der Waals surface area (Å²) >= 11 is 1.52. The van der Waals surface area contributed by atoms with Gasteiger partial charge in [0.1, 0.15) is 4.88 Å². The molecule has 4 aliphatic carbocycles. The first kappa shape index (κ1) is 18.6. The van der Waals surface area contributed by atoms with Crippen LogP contribution in [0.15, 0.2) is 6.20 Å². The van der Waals surface area contributed by atoms with Gasteiger partial charge in [-0.3, -0.25) is 4.79 Å². The van der Waals surface area contributed by atoms with E-state index in [-0.39, 0.29) is 12.5 Å². The summed E-state index contributed by atoms with van der Waals surface area (Å²) in [7, 11) is 0. The number of aromatic nitrogens is 1. The van der Waals surface area contributed by atoms with Gasteiger partial charge in [-0.15, -0.1) is 0 Å². The Balaban J connectivity index is 1.12. The predicted molar refractivity (Wildman–Crippen MR) is 114 cm³/mol. The number of hydrogen-bond acceptors (Lipinski definition) is 5. The third-order valence-electron chi connectivity index (χ3n) is 9.26. The molecule has 6 heteroatoms. The Labute approximate surface area is 177 Å². The summed E-state index contributed by atoms with van der Waals surface area (Å²) in [6.07, 6.45) is 14.5. The highest BCUT2D eigenvalue weighted by atomic mass is 32.1. The van der Waals surface area contributed by atoms with Crippen LogP contribution in [0.2, 0.25) is 0 Å². The summed E-state index contributed by atoms with van der Waals surface area (Å²) in [4.78, 5) is 20.6. The second kappa shape index (κ2) is 6.68. The van der Waals surface area contributed by atoms with Crippen LogP contribution in [0.1, 0.15) is 73.9 Å². The molecule has 6 rings (SSSR count). The molecule has 3 bridgehead atoms. The number of fused-ring (bicyclic) bond motifs is 2. The maximum Gasteiger partial charge on any atom is 0.263 e. The van der Waals surface area contributed by atoms with Crippen molar-refractivity contribution in [3.05, 3.63) is 11.1 Å². The number of amides is 1. The van der Waals surface area contributed by atoms with E-state index in [0.29, 0.717) is 16.9 Å². The lowest BCUT2D eigenvalue weighted by Gasteiger charge is -2.49. The number of nitrogens with one attached hydrogen (secondary N) is 1. The molecule has 1 saturated heterocycles. The smallest absolute Gasteiger partial charge is 0.263 e. The van der Waals surface area contributed by atoms with E-state index in [0.717, 1.165) is 60.1 Å². The Hall–Kier alpha value is -1.14. The Morgan fingerprint density at radius 2 is 2.21 bits per heavy atom. The van der Waals surface area contributed by atoms with Crippen molar-refractivity contribution in [1.82, 2.24) is 10.3 Å². The van der Waals surface area contributed by atoms with Gasteiger partial charge in [-0.25, -0.2) is 4.98 Å². The summed E-state index contributed by atoms with van der Waals surface area (Å²) in [6, 6.07) is 0.355. The SMILES string of the molecule is O=C(NCC12CC3CC4CC(C1)C4(C3)C2)c1cnc(N2CCCCC2CCO)s1. The molecule has 0 radical (unpaired) electrons. The lowest BCUT2D eigenvalue weighted by molar-refractivity contribution is -0.00253. The first-order valence-electron chi connectivity index (χ1n) is 11.7. The Morgan fingerprint density at radius 3 is 3.10 bits per heavy atom. The van der Waals surface area contributed by atoms with Crippen molar-refractivity contribution < 1.29 is 9.90 Å². The van der Waals surface area contributed by atoms with Crippen molar-refractivity contribution >= 4 is 22.4 Å². The molecule has 5 aliphatic rings. The molecule has 0 aromatic carbocycles. The maximum atomic E-state index is 12.9. The molecule has 1 aromatic rings. The fourth-order valence-corrected chi connectivity index (χ4v) is 9.23. The minimum atomic E-state index is 0.0602. The average Bonchev–Trinajstić information content (AvgIpc) is 3.33. The van der Waals surface area contributed by atoms with Gasteiger partial charge >= 0.3 is 0 Å². The third-order valence-corrected chi connectivity index (χ3v) is 10.3. The van der Waals surface area contributed by atoms with Gasteiger partial charge in [0.25, 0.3) is 5.91 Å². The summed E-state index contributed by atoms with van der Waals surface area (Å²) < 4.78 is 0. The molecule has 6 unspecified atom stereocenters. The zero-order valence-electron chi connectivity index (χ0n) is 17.2. The largest absolute Gasteiger partial charge is 0.396 e. The van der Waals surface area contributed by atoms with E-state index in [2.05, 4.69) is 15.2 Å². The molecule has 5 nitrogen and oxygen atoms in total. The van der Waals surface area contributed by atoms with Gasteiger partial charge in [0.2, 0.25) is 0 Å². The number of aliphatic hydroxyl groups is 1. The molecular formula is C23H33N3O2S. The molecule has 1 spiro atoms. The van der Waals surface area contributed by atoms with Crippen LogP contribution in [-0.2, 0) is 0 Å². The van der Waals surface area contributed by atoms with Crippen molar-refractivity contribution in [2.45, 2.75) is 70.3 Å².